The Kier molecular flexibility index (Phi) is 11.2. The van der Waals surface area contributed by atoms with Crippen LogP contribution in [0.2, 0.25) is 0 Å². The van der Waals surface area contributed by atoms with Gasteiger partial charge in [-0.15, -0.1) is 0 Å². The molecule has 74 heavy (non-hydrogen) atoms. The number of para-hydroxylation sites is 2. The van der Waals surface area contributed by atoms with Crippen molar-refractivity contribution in [2.24, 2.45) is 0 Å². The van der Waals surface area contributed by atoms with E-state index >= 15 is 0 Å². The van der Waals surface area contributed by atoms with Crippen molar-refractivity contribution in [1.29, 1.82) is 0 Å². The molecule has 0 saturated heterocycles. The smallest absolute Gasteiger partial charge is 0.252 e. The molecule has 360 valence electrons. The van der Waals surface area contributed by atoms with Gasteiger partial charge >= 0.3 is 0 Å². The SMILES string of the molecule is CCc1ccc(N(c2ccc(CC)cc2)c2ccc3c4c2cc(C)n4-c2cc(N(c4ccccc4)c4ccccc4)cc4c2B3c2ccc(N(c3ccc(CC)cc3)c3ccc(CC)cc3)c3cc(C)n-4c23)cc1. The van der Waals surface area contributed by atoms with Crippen LogP contribution in [0.3, 0.4) is 0 Å². The Morgan fingerprint density at radius 3 is 0.986 bits per heavy atom. The molecule has 0 amide bonds. The standard InChI is InChI=1S/C68H60BN5/c1-7-47-21-29-53(30-22-47)73(54-31-23-48(8-2)24-32-54)62-39-37-60-67-58(62)41-45(5)70(67)64-43-57(72(51-17-13-11-14-18-51)52-19-15-12-16-20-52)44-65-66(64)69(60)61-38-40-63(59-42-46(6)71(65)68(59)61)74(55-33-25-49(9-3)26-34-55)56-35-27-50(10-4)28-36-56/h11-44H,7-10H2,1-6H3. The van der Waals surface area contributed by atoms with Crippen LogP contribution in [0.25, 0.3) is 33.2 Å². The maximum absolute atomic E-state index is 2.58. The van der Waals surface area contributed by atoms with Gasteiger partial charge in [0.05, 0.1) is 28.1 Å². The topological polar surface area (TPSA) is 19.6 Å². The Bertz CT molecular complexity index is 3540. The Hall–Kier alpha value is -8.48. The van der Waals surface area contributed by atoms with Crippen LogP contribution in [0.15, 0.2) is 206 Å². The molecule has 4 heterocycles. The van der Waals surface area contributed by atoms with Crippen molar-refractivity contribution in [3.8, 4) is 11.4 Å². The molecule has 2 aliphatic heterocycles. The third kappa shape index (κ3) is 7.22. The maximum atomic E-state index is 2.58. The lowest BCUT2D eigenvalue weighted by molar-refractivity contribution is 1.02. The zero-order valence-electron chi connectivity index (χ0n) is 43.3. The molecule has 2 aliphatic rings. The van der Waals surface area contributed by atoms with E-state index in [-0.39, 0.29) is 6.71 Å². The van der Waals surface area contributed by atoms with Gasteiger partial charge in [0, 0.05) is 67.7 Å². The molecule has 13 rings (SSSR count). The fraction of sp³-hybridized carbons (Fsp3) is 0.147. The zero-order chi connectivity index (χ0) is 50.2. The van der Waals surface area contributed by atoms with Crippen molar-refractivity contribution in [2.45, 2.75) is 67.2 Å². The maximum Gasteiger partial charge on any atom is 0.252 e. The summed E-state index contributed by atoms with van der Waals surface area (Å²) in [6.45, 7) is 13.5. The summed E-state index contributed by atoms with van der Waals surface area (Å²) < 4.78 is 5.16. The number of aryl methyl sites for hydroxylation is 6. The third-order valence-electron chi connectivity index (χ3n) is 16.0. The van der Waals surface area contributed by atoms with Gasteiger partial charge < -0.3 is 23.8 Å². The summed E-state index contributed by atoms with van der Waals surface area (Å²) in [6, 6.07) is 77.9. The van der Waals surface area contributed by atoms with E-state index in [4.69, 9.17) is 0 Å². The Morgan fingerprint density at radius 1 is 0.338 bits per heavy atom. The summed E-state index contributed by atoms with van der Waals surface area (Å²) in [5, 5.41) is 2.48. The van der Waals surface area contributed by atoms with Gasteiger partial charge in [-0.25, -0.2) is 0 Å². The van der Waals surface area contributed by atoms with Crippen molar-refractivity contribution < 1.29 is 0 Å². The van der Waals surface area contributed by atoms with E-state index in [9.17, 15) is 0 Å². The van der Waals surface area contributed by atoms with Crippen LogP contribution < -0.4 is 31.1 Å². The molecular formula is C68H60BN5. The quantitative estimate of drug-likeness (QED) is 0.107. The molecule has 0 radical (unpaired) electrons. The molecule has 0 aliphatic carbocycles. The Morgan fingerprint density at radius 2 is 0.662 bits per heavy atom. The average molecular weight is 958 g/mol. The van der Waals surface area contributed by atoms with Crippen molar-refractivity contribution in [3.05, 3.63) is 240 Å². The number of anilines is 9. The molecule has 0 bridgehead atoms. The molecule has 11 aromatic rings. The first kappa shape index (κ1) is 45.4. The molecule has 2 aromatic heterocycles. The highest BCUT2D eigenvalue weighted by atomic mass is 15.2. The highest BCUT2D eigenvalue weighted by Gasteiger charge is 2.42. The van der Waals surface area contributed by atoms with E-state index in [1.54, 1.807) is 0 Å². The number of aromatic nitrogens is 2. The molecule has 0 saturated carbocycles. The van der Waals surface area contributed by atoms with Crippen LogP contribution >= 0.6 is 0 Å². The van der Waals surface area contributed by atoms with Crippen LogP contribution in [0.4, 0.5) is 51.2 Å². The third-order valence-corrected chi connectivity index (χ3v) is 16.0. The van der Waals surface area contributed by atoms with Gasteiger partial charge in [-0.2, -0.15) is 0 Å². The van der Waals surface area contributed by atoms with Gasteiger partial charge in [0.1, 0.15) is 0 Å². The fourth-order valence-corrected chi connectivity index (χ4v) is 12.2. The van der Waals surface area contributed by atoms with Crippen molar-refractivity contribution in [1.82, 2.24) is 9.13 Å². The van der Waals surface area contributed by atoms with E-state index in [2.05, 4.69) is 272 Å². The van der Waals surface area contributed by atoms with Crippen molar-refractivity contribution in [3.63, 3.8) is 0 Å². The number of benzene rings is 9. The number of fused-ring (bicyclic) bond motifs is 4. The second-order valence-electron chi connectivity index (χ2n) is 20.2. The van der Waals surface area contributed by atoms with Crippen molar-refractivity contribution >= 4 is 96.1 Å². The Balaban J connectivity index is 1.11. The molecule has 5 nitrogen and oxygen atoms in total. The lowest BCUT2D eigenvalue weighted by Gasteiger charge is -2.37. The number of hydrogen-bond acceptors (Lipinski definition) is 3. The minimum atomic E-state index is -0.0325. The molecule has 6 heteroatoms. The normalized spacial score (nSPS) is 12.1. The zero-order valence-corrected chi connectivity index (χ0v) is 43.3. The Labute approximate surface area is 436 Å². The first-order valence-electron chi connectivity index (χ1n) is 26.7. The summed E-state index contributed by atoms with van der Waals surface area (Å²) in [4.78, 5) is 7.38. The summed E-state index contributed by atoms with van der Waals surface area (Å²) in [6.07, 6.45) is 3.99. The number of hydrogen-bond donors (Lipinski definition) is 0. The van der Waals surface area contributed by atoms with E-state index < -0.39 is 0 Å². The first-order valence-corrected chi connectivity index (χ1v) is 26.7. The van der Waals surface area contributed by atoms with Crippen LogP contribution in [0.5, 0.6) is 0 Å². The molecule has 9 aromatic carbocycles. The van der Waals surface area contributed by atoms with Crippen molar-refractivity contribution in [2.75, 3.05) is 14.7 Å². The highest BCUT2D eigenvalue weighted by molar-refractivity contribution is 7.00. The van der Waals surface area contributed by atoms with Crippen LogP contribution in [0.1, 0.15) is 61.3 Å². The van der Waals surface area contributed by atoms with E-state index in [0.717, 1.165) is 65.5 Å². The van der Waals surface area contributed by atoms with E-state index in [1.807, 2.05) is 0 Å². The van der Waals surface area contributed by atoms with Gasteiger partial charge in [0.25, 0.3) is 6.71 Å². The molecule has 0 fully saturated rings. The largest absolute Gasteiger partial charge is 0.315 e. The average Bonchev–Trinajstić information content (AvgIpc) is 4.02. The van der Waals surface area contributed by atoms with Gasteiger partial charge in [-0.1, -0.05) is 125 Å². The number of nitrogens with zero attached hydrogens (tertiary/aromatic N) is 5. The predicted octanol–water partition coefficient (Wildman–Crippen LogP) is 16.0. The predicted molar refractivity (Wildman–Crippen MR) is 316 cm³/mol. The second kappa shape index (κ2) is 18.2. The molecule has 0 spiro atoms. The number of rotatable bonds is 13. The minimum absolute atomic E-state index is 0.0325. The molecular weight excluding hydrogens is 898 g/mol. The summed E-state index contributed by atoms with van der Waals surface area (Å²) in [5.74, 6) is 0. The van der Waals surface area contributed by atoms with Gasteiger partial charge in [0.15, 0.2) is 0 Å². The summed E-state index contributed by atoms with van der Waals surface area (Å²) in [5.41, 5.74) is 26.9. The van der Waals surface area contributed by atoms with E-state index in [0.29, 0.717) is 0 Å². The summed E-state index contributed by atoms with van der Waals surface area (Å²) in [7, 11) is 0. The lowest BCUT2D eigenvalue weighted by atomic mass is 9.34. The monoisotopic (exact) mass is 957 g/mol. The lowest BCUT2D eigenvalue weighted by Crippen LogP contribution is -2.59. The van der Waals surface area contributed by atoms with Crippen LogP contribution in [0, 0.1) is 13.8 Å². The second-order valence-corrected chi connectivity index (χ2v) is 20.2. The van der Waals surface area contributed by atoms with Crippen LogP contribution in [-0.4, -0.2) is 15.8 Å². The van der Waals surface area contributed by atoms with Crippen LogP contribution in [-0.2, 0) is 25.7 Å². The molecule has 0 atom stereocenters. The highest BCUT2D eigenvalue weighted by Crippen LogP contribution is 2.46. The van der Waals surface area contributed by atoms with Gasteiger partial charge in [-0.3, -0.25) is 0 Å². The molecule has 0 N–H and O–H groups in total. The van der Waals surface area contributed by atoms with Gasteiger partial charge in [-0.05, 0) is 187 Å². The molecule has 0 unspecified atom stereocenters. The van der Waals surface area contributed by atoms with E-state index in [1.165, 1.54) is 94.6 Å². The summed E-state index contributed by atoms with van der Waals surface area (Å²) >= 11 is 0. The minimum Gasteiger partial charge on any atom is -0.315 e. The first-order chi connectivity index (χ1) is 36.3. The fourth-order valence-electron chi connectivity index (χ4n) is 12.2. The van der Waals surface area contributed by atoms with Gasteiger partial charge in [0.2, 0.25) is 0 Å².